The van der Waals surface area contributed by atoms with Gasteiger partial charge in [-0.15, -0.1) is 0 Å². The smallest absolute Gasteiger partial charge is 0.438 e. The standard InChI is InChI=1S/C18H17F3N2O4/c1-11-3-5-14(12(2)9-11)26-10-13-4-6-15(27-13)16(24)23-17(25,7-8-22-23)18(19,20)21/h3-6,8-9,25H,7,10H2,1-2H3/t17-/m0/s1. The Bertz CT molecular complexity index is 891. The Hall–Kier alpha value is -2.81. The van der Waals surface area contributed by atoms with Crippen molar-refractivity contribution in [1.29, 1.82) is 0 Å². The Labute approximate surface area is 152 Å². The van der Waals surface area contributed by atoms with Gasteiger partial charge in [0.05, 0.1) is 0 Å². The van der Waals surface area contributed by atoms with Crippen LogP contribution in [0.5, 0.6) is 5.75 Å². The summed E-state index contributed by atoms with van der Waals surface area (Å²) in [5, 5.41) is 13.2. The molecule has 0 fully saturated rings. The highest BCUT2D eigenvalue weighted by Gasteiger charge is 2.61. The summed E-state index contributed by atoms with van der Waals surface area (Å²) in [5.74, 6) is -0.699. The summed E-state index contributed by atoms with van der Waals surface area (Å²) in [6, 6.07) is 8.25. The summed E-state index contributed by atoms with van der Waals surface area (Å²) < 4.78 is 50.1. The van der Waals surface area contributed by atoms with Crippen molar-refractivity contribution in [3.05, 3.63) is 53.0 Å². The highest BCUT2D eigenvalue weighted by Crippen LogP contribution is 2.39. The summed E-state index contributed by atoms with van der Waals surface area (Å²) in [4.78, 5) is 12.3. The molecule has 1 amide bonds. The number of nitrogens with zero attached hydrogens (tertiary/aromatic N) is 2. The van der Waals surface area contributed by atoms with Gasteiger partial charge >= 0.3 is 12.1 Å². The van der Waals surface area contributed by atoms with Crippen LogP contribution in [-0.4, -0.2) is 34.1 Å². The quantitative estimate of drug-likeness (QED) is 0.877. The van der Waals surface area contributed by atoms with Gasteiger partial charge in [-0.05, 0) is 37.6 Å². The lowest BCUT2D eigenvalue weighted by atomic mass is 10.1. The van der Waals surface area contributed by atoms with Crippen molar-refractivity contribution in [3.8, 4) is 5.75 Å². The van der Waals surface area contributed by atoms with E-state index in [0.717, 1.165) is 17.3 Å². The molecule has 1 aliphatic heterocycles. The highest BCUT2D eigenvalue weighted by molar-refractivity contribution is 5.93. The number of aliphatic hydroxyl groups is 1. The summed E-state index contributed by atoms with van der Waals surface area (Å²) in [6.07, 6.45) is -5.06. The van der Waals surface area contributed by atoms with E-state index in [1.807, 2.05) is 26.0 Å². The van der Waals surface area contributed by atoms with Crippen LogP contribution in [0.1, 0.15) is 33.9 Å². The molecule has 9 heteroatoms. The Morgan fingerprint density at radius 1 is 1.33 bits per heavy atom. The zero-order valence-corrected chi connectivity index (χ0v) is 14.6. The summed E-state index contributed by atoms with van der Waals surface area (Å²) in [5.41, 5.74) is -1.39. The normalized spacial score (nSPS) is 19.6. The molecule has 0 saturated carbocycles. The topological polar surface area (TPSA) is 75.3 Å². The van der Waals surface area contributed by atoms with Crippen LogP contribution in [0.15, 0.2) is 39.9 Å². The van der Waals surface area contributed by atoms with Crippen molar-refractivity contribution in [3.63, 3.8) is 0 Å². The van der Waals surface area contributed by atoms with Crippen LogP contribution in [-0.2, 0) is 6.61 Å². The predicted molar refractivity (Wildman–Crippen MR) is 89.2 cm³/mol. The van der Waals surface area contributed by atoms with Crippen LogP contribution in [0.4, 0.5) is 13.2 Å². The number of rotatable bonds is 4. The van der Waals surface area contributed by atoms with Crippen molar-refractivity contribution in [2.75, 3.05) is 0 Å². The van der Waals surface area contributed by atoms with E-state index in [1.54, 1.807) is 6.07 Å². The van der Waals surface area contributed by atoms with E-state index in [0.29, 0.717) is 5.75 Å². The second-order valence-electron chi connectivity index (χ2n) is 6.26. The number of hydrazone groups is 1. The van der Waals surface area contributed by atoms with E-state index < -0.39 is 24.2 Å². The van der Waals surface area contributed by atoms with Crippen LogP contribution in [0.3, 0.4) is 0 Å². The van der Waals surface area contributed by atoms with Crippen LogP contribution < -0.4 is 4.74 Å². The molecule has 0 radical (unpaired) electrons. The number of carbonyl (C=O) groups excluding carboxylic acids is 1. The number of benzene rings is 1. The van der Waals surface area contributed by atoms with Gasteiger partial charge in [0.1, 0.15) is 18.1 Å². The first-order chi connectivity index (χ1) is 12.6. The second kappa shape index (κ2) is 6.73. The Balaban J connectivity index is 1.72. The summed E-state index contributed by atoms with van der Waals surface area (Å²) in [7, 11) is 0. The zero-order chi connectivity index (χ0) is 19.8. The third-order valence-corrected chi connectivity index (χ3v) is 4.14. The van der Waals surface area contributed by atoms with Gasteiger partial charge in [0.2, 0.25) is 0 Å². The molecule has 2 heterocycles. The van der Waals surface area contributed by atoms with Gasteiger partial charge in [-0.25, -0.2) is 0 Å². The van der Waals surface area contributed by atoms with Gasteiger partial charge in [0.15, 0.2) is 5.76 Å². The Kier molecular flexibility index (Phi) is 4.73. The molecule has 1 N–H and O–H groups in total. The molecule has 3 rings (SSSR count). The van der Waals surface area contributed by atoms with Crippen LogP contribution in [0.2, 0.25) is 0 Å². The number of alkyl halides is 3. The second-order valence-corrected chi connectivity index (χ2v) is 6.26. The molecule has 0 spiro atoms. The van der Waals surface area contributed by atoms with Crippen molar-refractivity contribution in [1.82, 2.24) is 5.01 Å². The van der Waals surface area contributed by atoms with E-state index in [-0.39, 0.29) is 23.1 Å². The maximum absolute atomic E-state index is 13.1. The van der Waals surface area contributed by atoms with Gasteiger partial charge in [-0.2, -0.15) is 23.3 Å². The van der Waals surface area contributed by atoms with Gasteiger partial charge in [-0.1, -0.05) is 17.7 Å². The van der Waals surface area contributed by atoms with Gasteiger partial charge in [-0.3, -0.25) is 4.79 Å². The third kappa shape index (κ3) is 3.55. The maximum Gasteiger partial charge on any atom is 0.438 e. The van der Waals surface area contributed by atoms with Crippen LogP contribution in [0.25, 0.3) is 0 Å². The lowest BCUT2D eigenvalue weighted by molar-refractivity contribution is -0.297. The maximum atomic E-state index is 13.1. The number of furan rings is 1. The van der Waals surface area contributed by atoms with E-state index >= 15 is 0 Å². The summed E-state index contributed by atoms with van der Waals surface area (Å²) in [6.45, 7) is 3.82. The SMILES string of the molecule is Cc1ccc(OCc2ccc(C(=O)N3N=CC[C@]3(O)C(F)(F)F)o2)c(C)c1. The molecular weight excluding hydrogens is 365 g/mol. The number of hydrogen-bond donors (Lipinski definition) is 1. The van der Waals surface area contributed by atoms with Crippen LogP contribution in [0, 0.1) is 13.8 Å². The lowest BCUT2D eigenvalue weighted by Crippen LogP contribution is -2.56. The number of ether oxygens (including phenoxy) is 1. The first-order valence-corrected chi connectivity index (χ1v) is 8.07. The molecule has 144 valence electrons. The van der Waals surface area contributed by atoms with E-state index in [2.05, 4.69) is 5.10 Å². The molecule has 6 nitrogen and oxygen atoms in total. The third-order valence-electron chi connectivity index (χ3n) is 4.14. The first-order valence-electron chi connectivity index (χ1n) is 8.07. The molecule has 27 heavy (non-hydrogen) atoms. The highest BCUT2D eigenvalue weighted by atomic mass is 19.4. The Morgan fingerprint density at radius 2 is 2.07 bits per heavy atom. The molecule has 1 aromatic heterocycles. The number of amides is 1. The molecule has 1 atom stereocenters. The number of hydrogen-bond acceptors (Lipinski definition) is 5. The Morgan fingerprint density at radius 3 is 2.74 bits per heavy atom. The predicted octanol–water partition coefficient (Wildman–Crippen LogP) is 3.56. The van der Waals surface area contributed by atoms with Gasteiger partial charge < -0.3 is 14.3 Å². The molecule has 0 bridgehead atoms. The molecule has 1 aliphatic rings. The lowest BCUT2D eigenvalue weighted by Gasteiger charge is -2.31. The largest absolute Gasteiger partial charge is 0.485 e. The first kappa shape index (κ1) is 19.0. The number of carbonyl (C=O) groups is 1. The minimum atomic E-state index is -5.05. The fourth-order valence-corrected chi connectivity index (χ4v) is 2.67. The van der Waals surface area contributed by atoms with Crippen molar-refractivity contribution in [2.24, 2.45) is 5.10 Å². The zero-order valence-electron chi connectivity index (χ0n) is 14.6. The molecular formula is C18H17F3N2O4. The van der Waals surface area contributed by atoms with Crippen molar-refractivity contribution >= 4 is 12.1 Å². The fraction of sp³-hybridized carbons (Fsp3) is 0.333. The van der Waals surface area contributed by atoms with Gasteiger partial charge in [0.25, 0.3) is 5.72 Å². The van der Waals surface area contributed by atoms with Crippen molar-refractivity contribution < 1.29 is 32.2 Å². The van der Waals surface area contributed by atoms with Crippen LogP contribution >= 0.6 is 0 Å². The summed E-state index contributed by atoms with van der Waals surface area (Å²) >= 11 is 0. The molecule has 0 unspecified atom stereocenters. The minimum Gasteiger partial charge on any atom is -0.485 e. The molecule has 1 aromatic carbocycles. The van der Waals surface area contributed by atoms with E-state index in [1.165, 1.54) is 12.1 Å². The average molecular weight is 382 g/mol. The van der Waals surface area contributed by atoms with E-state index in [9.17, 15) is 23.1 Å². The average Bonchev–Trinajstić information content (AvgIpc) is 3.20. The molecule has 0 saturated heterocycles. The molecule has 0 aliphatic carbocycles. The minimum absolute atomic E-state index is 0.00993. The monoisotopic (exact) mass is 382 g/mol. The number of aryl methyl sites for hydroxylation is 2. The molecule has 2 aromatic rings. The van der Waals surface area contributed by atoms with Crippen molar-refractivity contribution in [2.45, 2.75) is 38.8 Å². The van der Waals surface area contributed by atoms with Gasteiger partial charge in [0, 0.05) is 12.6 Å². The van der Waals surface area contributed by atoms with E-state index in [4.69, 9.17) is 9.15 Å². The number of halogens is 3. The fourth-order valence-electron chi connectivity index (χ4n) is 2.67.